The van der Waals surface area contributed by atoms with E-state index in [0.29, 0.717) is 19.3 Å². The van der Waals surface area contributed by atoms with E-state index in [4.69, 9.17) is 14.2 Å². The summed E-state index contributed by atoms with van der Waals surface area (Å²) in [5.41, 5.74) is -0.219. The second-order valence-corrected chi connectivity index (χ2v) is 9.15. The summed E-state index contributed by atoms with van der Waals surface area (Å²) in [6.07, 6.45) is 8.34. The third-order valence-corrected chi connectivity index (χ3v) is 7.84. The molecule has 0 amide bonds. The van der Waals surface area contributed by atoms with Crippen molar-refractivity contribution in [1.82, 2.24) is 0 Å². The first kappa shape index (κ1) is 19.9. The molecule has 6 atom stereocenters. The van der Waals surface area contributed by atoms with Crippen molar-refractivity contribution in [2.24, 2.45) is 28.6 Å². The van der Waals surface area contributed by atoms with Crippen LogP contribution in [0.25, 0.3) is 0 Å². The fourth-order valence-electron chi connectivity index (χ4n) is 6.85. The number of hydrogen-bond acceptors (Lipinski definition) is 6. The van der Waals surface area contributed by atoms with Crippen molar-refractivity contribution in [3.63, 3.8) is 0 Å². The van der Waals surface area contributed by atoms with Crippen LogP contribution in [0.5, 0.6) is 0 Å². The molecule has 0 aromatic carbocycles. The van der Waals surface area contributed by atoms with E-state index in [0.717, 1.165) is 17.6 Å². The number of ether oxygens (including phenoxy) is 3. The maximum Gasteiger partial charge on any atom is 0.316 e. The summed E-state index contributed by atoms with van der Waals surface area (Å²) in [5, 5.41) is 0. The van der Waals surface area contributed by atoms with Gasteiger partial charge in [0.1, 0.15) is 5.60 Å². The second-order valence-electron chi connectivity index (χ2n) is 9.15. The molecular formula is C23H28O6. The molecule has 2 bridgehead atoms. The van der Waals surface area contributed by atoms with Crippen LogP contribution in [-0.2, 0) is 28.6 Å². The minimum absolute atomic E-state index is 0.105. The number of fused-ring (bicyclic) bond motifs is 3. The monoisotopic (exact) mass is 400 g/mol. The maximum absolute atomic E-state index is 13.2. The number of carbonyl (C=O) groups is 3. The Morgan fingerprint density at radius 1 is 1.21 bits per heavy atom. The largest absolute Gasteiger partial charge is 0.469 e. The van der Waals surface area contributed by atoms with Crippen molar-refractivity contribution in [2.45, 2.75) is 45.1 Å². The molecule has 0 radical (unpaired) electrons. The van der Waals surface area contributed by atoms with Gasteiger partial charge < -0.3 is 14.2 Å². The van der Waals surface area contributed by atoms with Gasteiger partial charge in [0.2, 0.25) is 0 Å². The third-order valence-electron chi connectivity index (χ3n) is 7.84. The molecule has 4 rings (SSSR count). The first-order valence-corrected chi connectivity index (χ1v) is 10.1. The Balaban J connectivity index is 1.88. The lowest BCUT2D eigenvalue weighted by atomic mass is 9.62. The van der Waals surface area contributed by atoms with E-state index in [-0.39, 0.29) is 29.7 Å². The van der Waals surface area contributed by atoms with Gasteiger partial charge in [-0.25, -0.2) is 0 Å². The van der Waals surface area contributed by atoms with Crippen LogP contribution in [0.3, 0.4) is 0 Å². The van der Waals surface area contributed by atoms with E-state index in [1.165, 1.54) is 21.1 Å². The molecule has 156 valence electrons. The Kier molecular flexibility index (Phi) is 4.34. The lowest BCUT2D eigenvalue weighted by Crippen LogP contribution is -2.47. The number of esters is 3. The summed E-state index contributed by atoms with van der Waals surface area (Å²) < 4.78 is 16.2. The Labute approximate surface area is 171 Å². The van der Waals surface area contributed by atoms with Crippen LogP contribution < -0.4 is 0 Å². The van der Waals surface area contributed by atoms with Gasteiger partial charge in [-0.2, -0.15) is 0 Å². The molecule has 4 aliphatic carbocycles. The van der Waals surface area contributed by atoms with Gasteiger partial charge in [0, 0.05) is 12.8 Å². The standard InChI is InChI=1S/C23H28O6/c1-13-11-22-12-23(13,29-14(2)24)10-8-16(22)15-7-6-9-21(3,20(26)28-5)17(15)18(22)19(25)27-4/h6-7,9,16-18H,1,8,10-12H2,2-5H3/t16?,17?,18-,21-,22+,23+/m1/s1. The maximum atomic E-state index is 13.2. The molecule has 4 aliphatic rings. The highest BCUT2D eigenvalue weighted by Gasteiger charge is 2.72. The summed E-state index contributed by atoms with van der Waals surface area (Å²) in [6.45, 7) is 7.49. The Morgan fingerprint density at radius 3 is 2.55 bits per heavy atom. The summed E-state index contributed by atoms with van der Waals surface area (Å²) in [6, 6.07) is 0. The molecule has 6 nitrogen and oxygen atoms in total. The molecule has 0 N–H and O–H groups in total. The summed E-state index contributed by atoms with van der Waals surface area (Å²) in [7, 11) is 2.76. The van der Waals surface area contributed by atoms with Gasteiger partial charge in [-0.15, -0.1) is 0 Å². The van der Waals surface area contributed by atoms with Gasteiger partial charge in [0.15, 0.2) is 0 Å². The smallest absolute Gasteiger partial charge is 0.316 e. The first-order chi connectivity index (χ1) is 13.6. The highest BCUT2D eigenvalue weighted by atomic mass is 16.6. The van der Waals surface area contributed by atoms with E-state index in [1.54, 1.807) is 0 Å². The lowest BCUT2D eigenvalue weighted by molar-refractivity contribution is -0.163. The average molecular weight is 400 g/mol. The molecule has 6 heteroatoms. The van der Waals surface area contributed by atoms with Gasteiger partial charge >= 0.3 is 17.9 Å². The molecule has 0 saturated heterocycles. The van der Waals surface area contributed by atoms with E-state index >= 15 is 0 Å². The van der Waals surface area contributed by atoms with Crippen LogP contribution in [0, 0.1) is 28.6 Å². The van der Waals surface area contributed by atoms with Crippen LogP contribution in [0.15, 0.2) is 36.0 Å². The molecule has 3 saturated carbocycles. The van der Waals surface area contributed by atoms with Crippen molar-refractivity contribution in [3.05, 3.63) is 36.0 Å². The van der Waals surface area contributed by atoms with Crippen molar-refractivity contribution in [2.75, 3.05) is 14.2 Å². The van der Waals surface area contributed by atoms with Crippen molar-refractivity contribution in [3.8, 4) is 0 Å². The molecule has 0 aromatic heterocycles. The fraction of sp³-hybridized carbons (Fsp3) is 0.609. The van der Waals surface area contributed by atoms with E-state index in [2.05, 4.69) is 6.58 Å². The molecule has 2 unspecified atom stereocenters. The summed E-state index contributed by atoms with van der Waals surface area (Å²) in [4.78, 5) is 37.9. The molecule has 1 spiro atoms. The zero-order chi connectivity index (χ0) is 21.2. The molecule has 29 heavy (non-hydrogen) atoms. The minimum atomic E-state index is -0.961. The number of hydrogen-bond donors (Lipinski definition) is 0. The molecule has 3 fully saturated rings. The zero-order valence-corrected chi connectivity index (χ0v) is 17.4. The number of rotatable bonds is 3. The van der Waals surface area contributed by atoms with Gasteiger partial charge in [-0.3, -0.25) is 14.4 Å². The first-order valence-electron chi connectivity index (χ1n) is 10.1. The van der Waals surface area contributed by atoms with Gasteiger partial charge in [0.05, 0.1) is 25.6 Å². The van der Waals surface area contributed by atoms with Crippen LogP contribution in [0.2, 0.25) is 0 Å². The Bertz CT molecular complexity index is 869. The van der Waals surface area contributed by atoms with E-state index in [1.807, 2.05) is 25.2 Å². The van der Waals surface area contributed by atoms with Crippen LogP contribution in [-0.4, -0.2) is 37.7 Å². The zero-order valence-electron chi connectivity index (χ0n) is 17.4. The predicted molar refractivity (Wildman–Crippen MR) is 104 cm³/mol. The summed E-state index contributed by atoms with van der Waals surface area (Å²) >= 11 is 0. The third kappa shape index (κ3) is 2.44. The van der Waals surface area contributed by atoms with Gasteiger partial charge in [-0.05, 0) is 49.5 Å². The van der Waals surface area contributed by atoms with Gasteiger partial charge in [0.25, 0.3) is 0 Å². The highest BCUT2D eigenvalue weighted by Crippen LogP contribution is 2.73. The van der Waals surface area contributed by atoms with Crippen LogP contribution in [0.4, 0.5) is 0 Å². The quantitative estimate of drug-likeness (QED) is 0.411. The van der Waals surface area contributed by atoms with Crippen molar-refractivity contribution < 1.29 is 28.6 Å². The van der Waals surface area contributed by atoms with Gasteiger partial charge in [-0.1, -0.05) is 30.4 Å². The molecule has 0 aliphatic heterocycles. The predicted octanol–water partition coefficient (Wildman–Crippen LogP) is 3.13. The highest BCUT2D eigenvalue weighted by molar-refractivity contribution is 5.84. The van der Waals surface area contributed by atoms with Crippen LogP contribution >= 0.6 is 0 Å². The van der Waals surface area contributed by atoms with E-state index < -0.39 is 22.3 Å². The van der Waals surface area contributed by atoms with E-state index in [9.17, 15) is 14.4 Å². The van der Waals surface area contributed by atoms with Crippen LogP contribution in [0.1, 0.15) is 39.5 Å². The fourth-order valence-corrected chi connectivity index (χ4v) is 6.85. The normalized spacial score (nSPS) is 41.9. The lowest BCUT2D eigenvalue weighted by Gasteiger charge is -2.43. The molecular weight excluding hydrogens is 372 g/mol. The number of methoxy groups -OCH3 is 2. The van der Waals surface area contributed by atoms with Crippen molar-refractivity contribution >= 4 is 17.9 Å². The average Bonchev–Trinajstić information content (AvgIpc) is 3.07. The van der Waals surface area contributed by atoms with Crippen molar-refractivity contribution in [1.29, 1.82) is 0 Å². The topological polar surface area (TPSA) is 78.9 Å². The SMILES string of the molecule is C=C1C[C@]23C[C@@]1(OC(C)=O)CCC2C1=CC=C[C@@](C)(C(=O)OC)C1[C@@H]3C(=O)OC. The Morgan fingerprint density at radius 2 is 1.93 bits per heavy atom. The Hall–Kier alpha value is -2.37. The number of allylic oxidation sites excluding steroid dienone is 3. The second kappa shape index (κ2) is 6.31. The summed E-state index contributed by atoms with van der Waals surface area (Å²) in [5.74, 6) is -1.82. The minimum Gasteiger partial charge on any atom is -0.469 e. The molecule has 0 aromatic rings. The molecule has 0 heterocycles. The number of carbonyl (C=O) groups excluding carboxylic acids is 3.